The summed E-state index contributed by atoms with van der Waals surface area (Å²) in [5.74, 6) is 0.0217. The summed E-state index contributed by atoms with van der Waals surface area (Å²) in [5.41, 5.74) is 4.81. The molecule has 1 atom stereocenters. The van der Waals surface area contributed by atoms with Crippen molar-refractivity contribution >= 4 is 10.3 Å². The van der Waals surface area contributed by atoms with Crippen LogP contribution in [-0.2, 0) is 10.3 Å². The van der Waals surface area contributed by atoms with Crippen LogP contribution < -0.4 is 0 Å². The molecule has 0 aliphatic heterocycles. The Balaban J connectivity index is 2.71. The highest BCUT2D eigenvalue weighted by Crippen LogP contribution is 2.29. The summed E-state index contributed by atoms with van der Waals surface area (Å²) in [6, 6.07) is 7.91. The van der Waals surface area contributed by atoms with E-state index in [2.05, 4.69) is 12.1 Å². The van der Waals surface area contributed by atoms with Crippen molar-refractivity contribution in [3.05, 3.63) is 68.1 Å². The second-order valence-electron chi connectivity index (χ2n) is 5.34. The van der Waals surface area contributed by atoms with Gasteiger partial charge in [0.1, 0.15) is 0 Å². The minimum atomic E-state index is -2.54. The lowest BCUT2D eigenvalue weighted by Gasteiger charge is -2.20. The standard InChI is InChI=1S/C16H18NO3S/c1-10-5-6-11(2)15(9-10)12(3)14-7-8-17(18)16(13(14)4)21(19)20/h5-9,12H,1-4H3/q-1. The van der Waals surface area contributed by atoms with Gasteiger partial charge >= 0.3 is 0 Å². The smallest absolute Gasteiger partial charge is 0.238 e. The van der Waals surface area contributed by atoms with Gasteiger partial charge in [-0.3, -0.25) is 0 Å². The predicted molar refractivity (Wildman–Crippen MR) is 83.5 cm³/mol. The molecule has 0 spiro atoms. The van der Waals surface area contributed by atoms with Crippen molar-refractivity contribution in [3.63, 3.8) is 0 Å². The first-order chi connectivity index (χ1) is 9.82. The minimum Gasteiger partial charge on any atom is -0.805 e. The summed E-state index contributed by atoms with van der Waals surface area (Å²) >= 11 is 0. The molecule has 1 aromatic heterocycles. The number of benzene rings is 1. The van der Waals surface area contributed by atoms with E-state index >= 15 is 0 Å². The number of nitrogens with zero attached hydrogens (tertiary/aromatic N) is 1. The van der Waals surface area contributed by atoms with Crippen LogP contribution in [0.25, 0.3) is 0 Å². The van der Waals surface area contributed by atoms with Crippen molar-refractivity contribution < 1.29 is 8.42 Å². The predicted octanol–water partition coefficient (Wildman–Crippen LogP) is 3.32. The molecule has 0 radical (unpaired) electrons. The highest BCUT2D eigenvalue weighted by Gasteiger charge is 2.14. The van der Waals surface area contributed by atoms with Crippen molar-refractivity contribution in [1.82, 2.24) is 4.73 Å². The monoisotopic (exact) mass is 304 g/mol. The second kappa shape index (κ2) is 5.77. The molecule has 5 heteroatoms. The molecule has 112 valence electrons. The van der Waals surface area contributed by atoms with Crippen LogP contribution in [0.15, 0.2) is 30.5 Å². The molecule has 0 amide bonds. The van der Waals surface area contributed by atoms with E-state index < -0.39 is 10.3 Å². The second-order valence-corrected chi connectivity index (χ2v) is 6.20. The molecule has 2 rings (SSSR count). The Hall–Kier alpha value is -2.01. The van der Waals surface area contributed by atoms with E-state index in [0.29, 0.717) is 10.3 Å². The van der Waals surface area contributed by atoms with Gasteiger partial charge in [0, 0.05) is 5.92 Å². The highest BCUT2D eigenvalue weighted by molar-refractivity contribution is 7.63. The summed E-state index contributed by atoms with van der Waals surface area (Å²) in [5, 5.41) is 11.6. The molecule has 0 saturated heterocycles. The van der Waals surface area contributed by atoms with Gasteiger partial charge in [-0.05, 0) is 55.3 Å². The Bertz CT molecular complexity index is 856. The molecule has 0 N–H and O–H groups in total. The zero-order chi connectivity index (χ0) is 15.7. The average molecular weight is 304 g/mol. The van der Waals surface area contributed by atoms with Crippen LogP contribution in [0.5, 0.6) is 0 Å². The van der Waals surface area contributed by atoms with Gasteiger partial charge in [0.15, 0.2) is 4.64 Å². The molecular weight excluding hydrogens is 286 g/mol. The Morgan fingerprint density at radius 2 is 1.76 bits per heavy atom. The van der Waals surface area contributed by atoms with Crippen LogP contribution in [0, 0.1) is 30.6 Å². The summed E-state index contributed by atoms with van der Waals surface area (Å²) in [4.78, 5) is 0. The number of rotatable bonds is 2. The fourth-order valence-corrected chi connectivity index (χ4v) is 3.27. The van der Waals surface area contributed by atoms with Gasteiger partial charge in [0.2, 0.25) is 10.3 Å². The van der Waals surface area contributed by atoms with Gasteiger partial charge in [-0.25, -0.2) is 0 Å². The van der Waals surface area contributed by atoms with E-state index in [1.54, 1.807) is 13.0 Å². The van der Waals surface area contributed by atoms with Crippen LogP contribution in [0.1, 0.15) is 40.7 Å². The van der Waals surface area contributed by atoms with E-state index in [1.807, 2.05) is 26.8 Å². The van der Waals surface area contributed by atoms with Gasteiger partial charge in [0.25, 0.3) is 0 Å². The molecular formula is C16H18NO3S-. The normalized spacial score (nSPS) is 12.2. The van der Waals surface area contributed by atoms with Gasteiger partial charge < -0.3 is 9.94 Å². The molecule has 0 aliphatic rings. The molecule has 2 aromatic rings. The number of pyridine rings is 1. The summed E-state index contributed by atoms with van der Waals surface area (Å²) in [7, 11) is -2.54. The molecule has 0 fully saturated rings. The van der Waals surface area contributed by atoms with Crippen molar-refractivity contribution in [2.45, 2.75) is 33.6 Å². The fraction of sp³-hybridized carbons (Fsp3) is 0.312. The zero-order valence-electron chi connectivity index (χ0n) is 12.5. The van der Waals surface area contributed by atoms with Crippen molar-refractivity contribution in [1.29, 1.82) is 0 Å². The first kappa shape index (κ1) is 15.4. The third kappa shape index (κ3) is 2.88. The van der Waals surface area contributed by atoms with Crippen LogP contribution in [0.4, 0.5) is 0 Å². The first-order valence-electron chi connectivity index (χ1n) is 6.72. The largest absolute Gasteiger partial charge is 0.805 e. The summed E-state index contributed by atoms with van der Waals surface area (Å²) < 4.78 is 22.7. The Labute approximate surface area is 125 Å². The molecule has 21 heavy (non-hydrogen) atoms. The maximum absolute atomic E-state index is 11.6. The third-order valence-corrected chi connectivity index (χ3v) is 4.67. The molecule has 4 nitrogen and oxygen atoms in total. The number of aromatic nitrogens is 1. The van der Waals surface area contributed by atoms with Gasteiger partial charge in [0.05, 0.1) is 0 Å². The molecule has 0 aliphatic carbocycles. The Morgan fingerprint density at radius 3 is 2.38 bits per heavy atom. The van der Waals surface area contributed by atoms with E-state index in [0.717, 1.165) is 22.3 Å². The SMILES string of the molecule is Cc1ccc(C)c(C(C)c2ccn([O-])c(=S(=O)=O)c2C)c1. The first-order valence-corrected chi connectivity index (χ1v) is 7.79. The fourth-order valence-electron chi connectivity index (χ4n) is 2.69. The number of hydrogen-bond donors (Lipinski definition) is 0. The van der Waals surface area contributed by atoms with E-state index in [1.165, 1.54) is 6.20 Å². The Kier molecular flexibility index (Phi) is 4.23. The quantitative estimate of drug-likeness (QED) is 0.800. The lowest BCUT2D eigenvalue weighted by atomic mass is 9.87. The van der Waals surface area contributed by atoms with Gasteiger partial charge in [-0.2, -0.15) is 8.42 Å². The van der Waals surface area contributed by atoms with E-state index in [9.17, 15) is 13.6 Å². The average Bonchev–Trinajstić information content (AvgIpc) is 2.40. The highest BCUT2D eigenvalue weighted by atomic mass is 32.2. The van der Waals surface area contributed by atoms with Gasteiger partial charge in [-0.15, -0.1) is 0 Å². The topological polar surface area (TPSA) is 62.1 Å². The molecule has 0 saturated carbocycles. The Morgan fingerprint density at radius 1 is 1.10 bits per heavy atom. The molecule has 1 aromatic carbocycles. The van der Waals surface area contributed by atoms with Gasteiger partial charge in [-0.1, -0.05) is 30.7 Å². The van der Waals surface area contributed by atoms with Crippen molar-refractivity contribution in [3.8, 4) is 0 Å². The molecule has 1 heterocycles. The maximum Gasteiger partial charge on any atom is 0.238 e. The minimum absolute atomic E-state index is 0.0217. The number of aryl methyl sites for hydroxylation is 2. The maximum atomic E-state index is 11.6. The molecule has 0 bridgehead atoms. The molecule has 1 unspecified atom stereocenters. The number of hydrogen-bond acceptors (Lipinski definition) is 3. The van der Waals surface area contributed by atoms with Crippen molar-refractivity contribution in [2.75, 3.05) is 0 Å². The summed E-state index contributed by atoms with van der Waals surface area (Å²) in [6.07, 6.45) is 1.26. The zero-order valence-corrected chi connectivity index (χ0v) is 13.4. The lowest BCUT2D eigenvalue weighted by Crippen LogP contribution is -2.06. The third-order valence-electron chi connectivity index (χ3n) is 3.87. The van der Waals surface area contributed by atoms with Crippen LogP contribution in [0.2, 0.25) is 0 Å². The van der Waals surface area contributed by atoms with Crippen LogP contribution in [-0.4, -0.2) is 13.1 Å². The van der Waals surface area contributed by atoms with Crippen LogP contribution >= 0.6 is 0 Å². The van der Waals surface area contributed by atoms with Crippen molar-refractivity contribution in [2.24, 2.45) is 0 Å². The summed E-state index contributed by atoms with van der Waals surface area (Å²) in [6.45, 7) is 7.76. The lowest BCUT2D eigenvalue weighted by molar-refractivity contribution is 0.623. The van der Waals surface area contributed by atoms with E-state index in [4.69, 9.17) is 0 Å². The van der Waals surface area contributed by atoms with E-state index in [-0.39, 0.29) is 10.6 Å². The van der Waals surface area contributed by atoms with Crippen LogP contribution in [0.3, 0.4) is 0 Å².